The number of esters is 1. The molecule has 2 nitrogen and oxygen atoms in total. The maximum absolute atomic E-state index is 13.3. The van der Waals surface area contributed by atoms with Gasteiger partial charge in [-0.1, -0.05) is 15.9 Å². The lowest BCUT2D eigenvalue weighted by molar-refractivity contribution is -0.139. The van der Waals surface area contributed by atoms with E-state index < -0.39 is 5.97 Å². The molecule has 0 amide bonds. The molecule has 0 atom stereocenters. The van der Waals surface area contributed by atoms with E-state index in [1.54, 1.807) is 13.0 Å². The fraction of sp³-hybridized carbons (Fsp3) is 0.300. The molecule has 1 rings (SSSR count). The highest BCUT2D eigenvalue weighted by atomic mass is 79.9. The molecular formula is C10H10BrFO2. The van der Waals surface area contributed by atoms with E-state index in [2.05, 4.69) is 20.7 Å². The summed E-state index contributed by atoms with van der Waals surface area (Å²) in [5.41, 5.74) is 1.11. The Kier molecular flexibility index (Phi) is 3.63. The molecule has 0 unspecified atom stereocenters. The lowest BCUT2D eigenvalue weighted by Gasteiger charge is -2.07. The third-order valence-corrected chi connectivity index (χ3v) is 2.88. The standard InChI is InChI=1S/C10H10BrFO2/c1-6-7(5-10(13)14-2)9(12)4-3-8(6)11/h3-4H,5H2,1-2H3. The van der Waals surface area contributed by atoms with Crippen LogP contribution in [0.2, 0.25) is 0 Å². The topological polar surface area (TPSA) is 26.3 Å². The first-order valence-electron chi connectivity index (χ1n) is 4.06. The van der Waals surface area contributed by atoms with Crippen molar-refractivity contribution >= 4 is 21.9 Å². The molecule has 0 radical (unpaired) electrons. The molecule has 0 heterocycles. The van der Waals surface area contributed by atoms with Crippen LogP contribution in [0.25, 0.3) is 0 Å². The molecule has 4 heteroatoms. The second-order valence-corrected chi connectivity index (χ2v) is 3.74. The van der Waals surface area contributed by atoms with Crippen LogP contribution in [0.4, 0.5) is 4.39 Å². The van der Waals surface area contributed by atoms with E-state index in [-0.39, 0.29) is 12.2 Å². The summed E-state index contributed by atoms with van der Waals surface area (Å²) in [6.07, 6.45) is -0.0341. The van der Waals surface area contributed by atoms with Gasteiger partial charge in [-0.25, -0.2) is 4.39 Å². The molecule has 0 aliphatic carbocycles. The van der Waals surface area contributed by atoms with Crippen LogP contribution in [-0.4, -0.2) is 13.1 Å². The van der Waals surface area contributed by atoms with Crippen LogP contribution in [0, 0.1) is 12.7 Å². The van der Waals surface area contributed by atoms with Crippen molar-refractivity contribution < 1.29 is 13.9 Å². The summed E-state index contributed by atoms with van der Waals surface area (Å²) in [5.74, 6) is -0.818. The molecule has 0 bridgehead atoms. The average Bonchev–Trinajstić information content (AvgIpc) is 2.18. The maximum atomic E-state index is 13.3. The molecule has 14 heavy (non-hydrogen) atoms. The van der Waals surface area contributed by atoms with E-state index in [1.807, 2.05) is 0 Å². The normalized spacial score (nSPS) is 10.0. The van der Waals surface area contributed by atoms with E-state index in [9.17, 15) is 9.18 Å². The summed E-state index contributed by atoms with van der Waals surface area (Å²) in [5, 5.41) is 0. The van der Waals surface area contributed by atoms with Gasteiger partial charge in [0.15, 0.2) is 0 Å². The second-order valence-electron chi connectivity index (χ2n) is 2.89. The Labute approximate surface area is 90.2 Å². The molecule has 1 aromatic rings. The highest BCUT2D eigenvalue weighted by molar-refractivity contribution is 9.10. The number of ether oxygens (including phenoxy) is 1. The SMILES string of the molecule is COC(=O)Cc1c(F)ccc(Br)c1C. The quantitative estimate of drug-likeness (QED) is 0.765. The van der Waals surface area contributed by atoms with Crippen LogP contribution in [0.3, 0.4) is 0 Å². The zero-order valence-corrected chi connectivity index (χ0v) is 9.52. The van der Waals surface area contributed by atoms with Gasteiger partial charge >= 0.3 is 5.97 Å². The molecule has 0 fully saturated rings. The van der Waals surface area contributed by atoms with Crippen LogP contribution in [0.1, 0.15) is 11.1 Å². The van der Waals surface area contributed by atoms with Crippen molar-refractivity contribution in [2.24, 2.45) is 0 Å². The molecule has 0 aromatic heterocycles. The van der Waals surface area contributed by atoms with Crippen molar-refractivity contribution in [1.82, 2.24) is 0 Å². The van der Waals surface area contributed by atoms with Crippen LogP contribution in [-0.2, 0) is 16.0 Å². The van der Waals surface area contributed by atoms with E-state index >= 15 is 0 Å². The Bertz CT molecular complexity index is 363. The van der Waals surface area contributed by atoms with Crippen molar-refractivity contribution in [3.05, 3.63) is 33.5 Å². The van der Waals surface area contributed by atoms with Gasteiger partial charge in [0.05, 0.1) is 13.5 Å². The first-order chi connectivity index (χ1) is 6.56. The van der Waals surface area contributed by atoms with Gasteiger partial charge in [-0.3, -0.25) is 4.79 Å². The van der Waals surface area contributed by atoms with Crippen molar-refractivity contribution in [2.45, 2.75) is 13.3 Å². The molecule has 0 spiro atoms. The van der Waals surface area contributed by atoms with Gasteiger partial charge in [-0.2, -0.15) is 0 Å². The van der Waals surface area contributed by atoms with Crippen LogP contribution >= 0.6 is 15.9 Å². The summed E-state index contributed by atoms with van der Waals surface area (Å²) >= 11 is 3.27. The van der Waals surface area contributed by atoms with Crippen LogP contribution in [0.5, 0.6) is 0 Å². The highest BCUT2D eigenvalue weighted by Crippen LogP contribution is 2.22. The van der Waals surface area contributed by atoms with Crippen LogP contribution < -0.4 is 0 Å². The largest absolute Gasteiger partial charge is 0.469 e. The van der Waals surface area contributed by atoms with Gasteiger partial charge in [-0.15, -0.1) is 0 Å². The zero-order valence-electron chi connectivity index (χ0n) is 7.93. The summed E-state index contributed by atoms with van der Waals surface area (Å²) in [6, 6.07) is 2.95. The number of halogens is 2. The monoisotopic (exact) mass is 260 g/mol. The number of carbonyl (C=O) groups excluding carboxylic acids is 1. The predicted octanol–water partition coefficient (Wildman–Crippen LogP) is 2.61. The number of hydrogen-bond acceptors (Lipinski definition) is 2. The fourth-order valence-corrected chi connectivity index (χ4v) is 1.50. The Morgan fingerprint density at radius 2 is 2.21 bits per heavy atom. The van der Waals surface area contributed by atoms with Crippen molar-refractivity contribution in [3.63, 3.8) is 0 Å². The van der Waals surface area contributed by atoms with Gasteiger partial charge in [-0.05, 0) is 24.6 Å². The number of hydrogen-bond donors (Lipinski definition) is 0. The van der Waals surface area contributed by atoms with E-state index in [0.717, 1.165) is 10.0 Å². The zero-order chi connectivity index (χ0) is 10.7. The summed E-state index contributed by atoms with van der Waals surface area (Å²) < 4.78 is 18.6. The van der Waals surface area contributed by atoms with Crippen molar-refractivity contribution in [1.29, 1.82) is 0 Å². The number of rotatable bonds is 2. The summed E-state index contributed by atoms with van der Waals surface area (Å²) in [4.78, 5) is 11.0. The second kappa shape index (κ2) is 4.55. The van der Waals surface area contributed by atoms with Crippen molar-refractivity contribution in [3.8, 4) is 0 Å². The molecule has 0 N–H and O–H groups in total. The minimum Gasteiger partial charge on any atom is -0.469 e. The van der Waals surface area contributed by atoms with Gasteiger partial charge < -0.3 is 4.74 Å². The predicted molar refractivity (Wildman–Crippen MR) is 54.6 cm³/mol. The van der Waals surface area contributed by atoms with Crippen LogP contribution in [0.15, 0.2) is 16.6 Å². The van der Waals surface area contributed by atoms with Gasteiger partial charge in [0, 0.05) is 10.0 Å². The first-order valence-corrected chi connectivity index (χ1v) is 4.86. The Morgan fingerprint density at radius 3 is 2.79 bits per heavy atom. The smallest absolute Gasteiger partial charge is 0.310 e. The minimum absolute atomic E-state index is 0.0341. The van der Waals surface area contributed by atoms with E-state index in [1.165, 1.54) is 13.2 Å². The summed E-state index contributed by atoms with van der Waals surface area (Å²) in [6.45, 7) is 1.76. The molecule has 0 saturated carbocycles. The number of benzene rings is 1. The van der Waals surface area contributed by atoms with Gasteiger partial charge in [0.1, 0.15) is 5.82 Å². The minimum atomic E-state index is -0.440. The summed E-state index contributed by atoms with van der Waals surface area (Å²) in [7, 11) is 1.29. The molecular weight excluding hydrogens is 251 g/mol. The molecule has 76 valence electrons. The first kappa shape index (κ1) is 11.2. The highest BCUT2D eigenvalue weighted by Gasteiger charge is 2.12. The Balaban J connectivity index is 3.06. The number of methoxy groups -OCH3 is 1. The van der Waals surface area contributed by atoms with Gasteiger partial charge in [0.25, 0.3) is 0 Å². The Hall–Kier alpha value is -0.900. The molecule has 1 aromatic carbocycles. The third kappa shape index (κ3) is 2.32. The van der Waals surface area contributed by atoms with E-state index in [0.29, 0.717) is 5.56 Å². The van der Waals surface area contributed by atoms with E-state index in [4.69, 9.17) is 0 Å². The lowest BCUT2D eigenvalue weighted by Crippen LogP contribution is -2.08. The fourth-order valence-electron chi connectivity index (χ4n) is 1.13. The Morgan fingerprint density at radius 1 is 1.57 bits per heavy atom. The maximum Gasteiger partial charge on any atom is 0.310 e. The van der Waals surface area contributed by atoms with Crippen molar-refractivity contribution in [2.75, 3.05) is 7.11 Å². The molecule has 0 aliphatic heterocycles. The average molecular weight is 261 g/mol. The number of carbonyl (C=O) groups is 1. The molecule has 0 saturated heterocycles. The van der Waals surface area contributed by atoms with Gasteiger partial charge in [0.2, 0.25) is 0 Å². The third-order valence-electron chi connectivity index (χ3n) is 2.02. The lowest BCUT2D eigenvalue weighted by atomic mass is 10.1. The molecule has 0 aliphatic rings.